The fourth-order valence-corrected chi connectivity index (χ4v) is 1.76. The standard InChI is InChI=1S/C11H9ClF3N3/c1-6-2-3-7(12)4-8(6)18-9(11(13,14)15)5-10(16)17-18/h2-5H,1H3,(H2,16,17). The van der Waals surface area contributed by atoms with Gasteiger partial charge in [0.1, 0.15) is 11.5 Å². The van der Waals surface area contributed by atoms with E-state index in [0.717, 1.165) is 10.7 Å². The molecule has 18 heavy (non-hydrogen) atoms. The number of hydrogen-bond donors (Lipinski definition) is 1. The molecule has 0 radical (unpaired) electrons. The number of aromatic nitrogens is 2. The third-order valence-corrected chi connectivity index (χ3v) is 2.65. The van der Waals surface area contributed by atoms with E-state index in [9.17, 15) is 13.2 Å². The molecule has 0 spiro atoms. The van der Waals surface area contributed by atoms with Gasteiger partial charge in [0.05, 0.1) is 5.69 Å². The summed E-state index contributed by atoms with van der Waals surface area (Å²) in [6, 6.07) is 5.43. The van der Waals surface area contributed by atoms with Gasteiger partial charge in [-0.2, -0.15) is 18.3 Å². The van der Waals surface area contributed by atoms with Crippen molar-refractivity contribution in [3.63, 3.8) is 0 Å². The van der Waals surface area contributed by atoms with Crippen LogP contribution in [0.15, 0.2) is 24.3 Å². The number of benzene rings is 1. The van der Waals surface area contributed by atoms with E-state index in [2.05, 4.69) is 5.10 Å². The zero-order valence-corrected chi connectivity index (χ0v) is 10.0. The maximum absolute atomic E-state index is 12.8. The molecule has 1 aromatic carbocycles. The van der Waals surface area contributed by atoms with Gasteiger partial charge in [0.15, 0.2) is 0 Å². The van der Waals surface area contributed by atoms with Crippen LogP contribution in [0.1, 0.15) is 11.3 Å². The monoisotopic (exact) mass is 275 g/mol. The second-order valence-corrected chi connectivity index (χ2v) is 4.23. The van der Waals surface area contributed by atoms with E-state index in [4.69, 9.17) is 17.3 Å². The smallest absolute Gasteiger partial charge is 0.382 e. The Labute approximate surface area is 106 Å². The van der Waals surface area contributed by atoms with E-state index in [1.807, 2.05) is 0 Å². The third kappa shape index (κ3) is 2.28. The number of nitrogens with zero attached hydrogens (tertiary/aromatic N) is 2. The van der Waals surface area contributed by atoms with Crippen LogP contribution in [0.25, 0.3) is 5.69 Å². The molecule has 1 heterocycles. The molecule has 2 rings (SSSR count). The van der Waals surface area contributed by atoms with Crippen molar-refractivity contribution >= 4 is 17.4 Å². The quantitative estimate of drug-likeness (QED) is 0.866. The number of alkyl halides is 3. The SMILES string of the molecule is Cc1ccc(Cl)cc1-n1nc(N)cc1C(F)(F)F. The molecule has 0 amide bonds. The van der Waals surface area contributed by atoms with Gasteiger partial charge < -0.3 is 5.73 Å². The van der Waals surface area contributed by atoms with Crippen LogP contribution in [0.5, 0.6) is 0 Å². The predicted molar refractivity (Wildman–Crippen MR) is 62.7 cm³/mol. The molecule has 96 valence electrons. The van der Waals surface area contributed by atoms with Gasteiger partial charge in [-0.3, -0.25) is 0 Å². The van der Waals surface area contributed by atoms with Crippen molar-refractivity contribution in [2.45, 2.75) is 13.1 Å². The van der Waals surface area contributed by atoms with Gasteiger partial charge in [-0.15, -0.1) is 0 Å². The second-order valence-electron chi connectivity index (χ2n) is 3.79. The molecule has 0 saturated carbocycles. The molecule has 0 aliphatic heterocycles. The number of hydrogen-bond acceptors (Lipinski definition) is 2. The van der Waals surface area contributed by atoms with Crippen molar-refractivity contribution < 1.29 is 13.2 Å². The predicted octanol–water partition coefficient (Wildman–Crippen LogP) is 3.44. The molecule has 0 atom stereocenters. The molecule has 1 aromatic heterocycles. The average Bonchev–Trinajstić information content (AvgIpc) is 2.63. The van der Waals surface area contributed by atoms with Crippen LogP contribution < -0.4 is 5.73 Å². The number of nitrogens with two attached hydrogens (primary N) is 1. The summed E-state index contributed by atoms with van der Waals surface area (Å²) in [5, 5.41) is 4.00. The van der Waals surface area contributed by atoms with E-state index in [1.165, 1.54) is 6.07 Å². The van der Waals surface area contributed by atoms with Gasteiger partial charge in [0.2, 0.25) is 0 Å². The largest absolute Gasteiger partial charge is 0.433 e. The fraction of sp³-hybridized carbons (Fsp3) is 0.182. The van der Waals surface area contributed by atoms with E-state index in [0.29, 0.717) is 10.6 Å². The first kappa shape index (κ1) is 12.8. The minimum atomic E-state index is -4.53. The summed E-state index contributed by atoms with van der Waals surface area (Å²) in [7, 11) is 0. The molecule has 2 N–H and O–H groups in total. The first-order valence-corrected chi connectivity index (χ1v) is 5.36. The lowest BCUT2D eigenvalue weighted by atomic mass is 10.2. The van der Waals surface area contributed by atoms with Crippen LogP contribution in [0.3, 0.4) is 0 Å². The summed E-state index contributed by atoms with van der Waals surface area (Å²) >= 11 is 5.79. The molecule has 0 aliphatic carbocycles. The lowest BCUT2D eigenvalue weighted by Crippen LogP contribution is -2.14. The minimum Gasteiger partial charge on any atom is -0.382 e. The Bertz CT molecular complexity index is 590. The zero-order chi connectivity index (χ0) is 13.5. The van der Waals surface area contributed by atoms with Gasteiger partial charge >= 0.3 is 6.18 Å². The highest BCUT2D eigenvalue weighted by molar-refractivity contribution is 6.30. The molecule has 0 bridgehead atoms. The lowest BCUT2D eigenvalue weighted by Gasteiger charge is -2.12. The highest BCUT2D eigenvalue weighted by Gasteiger charge is 2.36. The number of aryl methyl sites for hydroxylation is 1. The molecule has 0 fully saturated rings. The summed E-state index contributed by atoms with van der Waals surface area (Å²) in [5.41, 5.74) is 5.29. The Morgan fingerprint density at radius 1 is 1.28 bits per heavy atom. The number of nitrogen functional groups attached to an aromatic ring is 1. The summed E-state index contributed by atoms with van der Waals surface area (Å²) in [6.07, 6.45) is -4.53. The summed E-state index contributed by atoms with van der Waals surface area (Å²) in [6.45, 7) is 1.67. The molecule has 7 heteroatoms. The van der Waals surface area contributed by atoms with Crippen molar-refractivity contribution in [2.24, 2.45) is 0 Å². The van der Waals surface area contributed by atoms with Gasteiger partial charge in [-0.25, -0.2) is 4.68 Å². The topological polar surface area (TPSA) is 43.8 Å². The molecular formula is C11H9ClF3N3. The minimum absolute atomic E-state index is 0.193. The number of anilines is 1. The maximum Gasteiger partial charge on any atom is 0.433 e. The summed E-state index contributed by atoms with van der Waals surface area (Å²) in [4.78, 5) is 0. The third-order valence-electron chi connectivity index (χ3n) is 2.42. The molecule has 2 aromatic rings. The Morgan fingerprint density at radius 2 is 1.94 bits per heavy atom. The summed E-state index contributed by atoms with van der Waals surface area (Å²) in [5.74, 6) is -0.193. The Morgan fingerprint density at radius 3 is 2.56 bits per heavy atom. The Kier molecular flexibility index (Phi) is 2.98. The van der Waals surface area contributed by atoms with Crippen molar-refractivity contribution in [3.05, 3.63) is 40.5 Å². The van der Waals surface area contributed by atoms with Crippen LogP contribution >= 0.6 is 11.6 Å². The first-order valence-electron chi connectivity index (χ1n) is 4.98. The fourth-order valence-electron chi connectivity index (χ4n) is 1.60. The second kappa shape index (κ2) is 4.20. The normalized spacial score (nSPS) is 11.8. The first-order chi connectivity index (χ1) is 8.29. The van der Waals surface area contributed by atoms with Gasteiger partial charge in [0, 0.05) is 11.1 Å². The zero-order valence-electron chi connectivity index (χ0n) is 9.29. The van der Waals surface area contributed by atoms with Crippen LogP contribution in [-0.4, -0.2) is 9.78 Å². The summed E-state index contributed by atoms with van der Waals surface area (Å²) < 4.78 is 39.3. The van der Waals surface area contributed by atoms with E-state index in [-0.39, 0.29) is 11.5 Å². The van der Waals surface area contributed by atoms with Crippen molar-refractivity contribution in [2.75, 3.05) is 5.73 Å². The highest BCUT2D eigenvalue weighted by atomic mass is 35.5. The Hall–Kier alpha value is -1.69. The lowest BCUT2D eigenvalue weighted by molar-refractivity contribution is -0.142. The van der Waals surface area contributed by atoms with Gasteiger partial charge in [-0.1, -0.05) is 17.7 Å². The molecule has 3 nitrogen and oxygen atoms in total. The molecular weight excluding hydrogens is 267 g/mol. The van der Waals surface area contributed by atoms with Crippen LogP contribution in [0, 0.1) is 6.92 Å². The molecule has 0 unspecified atom stereocenters. The molecule has 0 saturated heterocycles. The van der Waals surface area contributed by atoms with E-state index >= 15 is 0 Å². The van der Waals surface area contributed by atoms with Gasteiger partial charge in [0.25, 0.3) is 0 Å². The van der Waals surface area contributed by atoms with E-state index < -0.39 is 11.9 Å². The van der Waals surface area contributed by atoms with E-state index in [1.54, 1.807) is 19.1 Å². The van der Waals surface area contributed by atoms with Crippen LogP contribution in [0.2, 0.25) is 5.02 Å². The molecule has 0 aliphatic rings. The number of halogens is 4. The van der Waals surface area contributed by atoms with Crippen molar-refractivity contribution in [1.82, 2.24) is 9.78 Å². The van der Waals surface area contributed by atoms with Gasteiger partial charge in [-0.05, 0) is 24.6 Å². The van der Waals surface area contributed by atoms with Crippen molar-refractivity contribution in [3.8, 4) is 5.69 Å². The van der Waals surface area contributed by atoms with Crippen LogP contribution in [-0.2, 0) is 6.18 Å². The number of rotatable bonds is 1. The maximum atomic E-state index is 12.8. The Balaban J connectivity index is 2.67. The van der Waals surface area contributed by atoms with Crippen LogP contribution in [0.4, 0.5) is 19.0 Å². The highest BCUT2D eigenvalue weighted by Crippen LogP contribution is 2.33. The average molecular weight is 276 g/mol. The van der Waals surface area contributed by atoms with Crippen molar-refractivity contribution in [1.29, 1.82) is 0 Å².